The number of halogens is 1. The zero-order valence-electron chi connectivity index (χ0n) is 13.9. The van der Waals surface area contributed by atoms with E-state index < -0.39 is 0 Å². The molecule has 0 aliphatic heterocycles. The Labute approximate surface area is 145 Å². The van der Waals surface area contributed by atoms with E-state index in [-0.39, 0.29) is 5.91 Å². The quantitative estimate of drug-likeness (QED) is 0.853. The van der Waals surface area contributed by atoms with Gasteiger partial charge in [-0.05, 0) is 51.5 Å². The largest absolute Gasteiger partial charge is 0.338 e. The Morgan fingerprint density at radius 1 is 1.17 bits per heavy atom. The molecule has 122 valence electrons. The summed E-state index contributed by atoms with van der Waals surface area (Å²) in [6.07, 6.45) is 0. The van der Waals surface area contributed by atoms with Gasteiger partial charge in [0.25, 0.3) is 5.91 Å². The molecule has 0 unspecified atom stereocenters. The number of carbonyl (C=O) groups is 1. The van der Waals surface area contributed by atoms with E-state index in [2.05, 4.69) is 31.2 Å². The van der Waals surface area contributed by atoms with Crippen molar-refractivity contribution in [1.29, 1.82) is 0 Å². The number of aryl methyl sites for hydroxylation is 2. The van der Waals surface area contributed by atoms with Gasteiger partial charge in [-0.25, -0.2) is 9.97 Å². The van der Waals surface area contributed by atoms with Crippen molar-refractivity contribution in [3.8, 4) is 0 Å². The van der Waals surface area contributed by atoms with Crippen LogP contribution in [0, 0.1) is 13.8 Å². The fourth-order valence-electron chi connectivity index (χ4n) is 2.21. The van der Waals surface area contributed by atoms with Crippen molar-refractivity contribution in [2.75, 3.05) is 18.4 Å². The predicted molar refractivity (Wildman–Crippen MR) is 96.2 cm³/mol. The average molecular weight is 377 g/mol. The minimum absolute atomic E-state index is 0.0753. The molecular formula is C17H21BrN4O. The van der Waals surface area contributed by atoms with Gasteiger partial charge in [-0.1, -0.05) is 22.0 Å². The summed E-state index contributed by atoms with van der Waals surface area (Å²) in [5, 5.41) is 3.16. The molecule has 2 rings (SSSR count). The molecule has 1 aromatic carbocycles. The Balaban J connectivity index is 2.29. The second kappa shape index (κ2) is 7.55. The second-order valence-electron chi connectivity index (χ2n) is 5.28. The fourth-order valence-corrected chi connectivity index (χ4v) is 2.59. The summed E-state index contributed by atoms with van der Waals surface area (Å²) in [7, 11) is 0. The molecule has 0 spiro atoms. The van der Waals surface area contributed by atoms with Crippen LogP contribution in [0.5, 0.6) is 0 Å². The third-order valence-corrected chi connectivity index (χ3v) is 4.41. The maximum Gasteiger partial charge on any atom is 0.272 e. The fraction of sp³-hybridized carbons (Fsp3) is 0.353. The standard InChI is InChI=1S/C17H21BrN4O/c1-5-22(6-2)16(23)15-9-12(4)19-17(21-15)20-13-8-7-11(3)14(18)10-13/h7-10H,5-6H2,1-4H3,(H,19,20,21). The lowest BCUT2D eigenvalue weighted by Crippen LogP contribution is -2.31. The molecule has 1 aromatic heterocycles. The highest BCUT2D eigenvalue weighted by Gasteiger charge is 2.16. The molecule has 1 N–H and O–H groups in total. The van der Waals surface area contributed by atoms with Crippen LogP contribution in [0.25, 0.3) is 0 Å². The molecule has 0 bridgehead atoms. The first-order valence-electron chi connectivity index (χ1n) is 7.62. The van der Waals surface area contributed by atoms with Crippen LogP contribution in [0.4, 0.5) is 11.6 Å². The summed E-state index contributed by atoms with van der Waals surface area (Å²) in [4.78, 5) is 22.9. The van der Waals surface area contributed by atoms with Crippen LogP contribution in [0.2, 0.25) is 0 Å². The summed E-state index contributed by atoms with van der Waals surface area (Å²) in [5.41, 5.74) is 3.19. The van der Waals surface area contributed by atoms with Crippen molar-refractivity contribution < 1.29 is 4.79 Å². The highest BCUT2D eigenvalue weighted by molar-refractivity contribution is 9.10. The van der Waals surface area contributed by atoms with E-state index in [1.165, 1.54) is 0 Å². The van der Waals surface area contributed by atoms with E-state index in [0.717, 1.165) is 21.4 Å². The number of nitrogens with one attached hydrogen (secondary N) is 1. The van der Waals surface area contributed by atoms with Crippen LogP contribution in [0.1, 0.15) is 35.6 Å². The first kappa shape index (κ1) is 17.4. The van der Waals surface area contributed by atoms with E-state index >= 15 is 0 Å². The molecule has 0 fully saturated rings. The Bertz CT molecular complexity index is 714. The van der Waals surface area contributed by atoms with Crippen LogP contribution in [-0.4, -0.2) is 33.9 Å². The molecule has 2 aromatic rings. The minimum Gasteiger partial charge on any atom is -0.338 e. The van der Waals surface area contributed by atoms with Gasteiger partial charge in [0.15, 0.2) is 0 Å². The number of hydrogen-bond donors (Lipinski definition) is 1. The van der Waals surface area contributed by atoms with Gasteiger partial charge in [0.1, 0.15) is 5.69 Å². The summed E-state index contributed by atoms with van der Waals surface area (Å²) >= 11 is 3.51. The summed E-state index contributed by atoms with van der Waals surface area (Å²) in [6, 6.07) is 7.64. The smallest absolute Gasteiger partial charge is 0.272 e. The van der Waals surface area contributed by atoms with Gasteiger partial charge in [-0.2, -0.15) is 0 Å². The third kappa shape index (κ3) is 4.28. The zero-order valence-corrected chi connectivity index (χ0v) is 15.4. The Hall–Kier alpha value is -1.95. The lowest BCUT2D eigenvalue weighted by molar-refractivity contribution is 0.0767. The Morgan fingerprint density at radius 3 is 2.48 bits per heavy atom. The molecule has 1 amide bonds. The average Bonchev–Trinajstić information content (AvgIpc) is 2.51. The first-order valence-corrected chi connectivity index (χ1v) is 8.42. The third-order valence-electron chi connectivity index (χ3n) is 3.55. The molecule has 0 atom stereocenters. The SMILES string of the molecule is CCN(CC)C(=O)c1cc(C)nc(Nc2ccc(C)c(Br)c2)n1. The van der Waals surface area contributed by atoms with E-state index in [9.17, 15) is 4.79 Å². The molecule has 0 aliphatic carbocycles. The highest BCUT2D eigenvalue weighted by Crippen LogP contribution is 2.22. The topological polar surface area (TPSA) is 58.1 Å². The van der Waals surface area contributed by atoms with Gasteiger partial charge in [-0.3, -0.25) is 4.79 Å². The van der Waals surface area contributed by atoms with E-state index in [1.54, 1.807) is 11.0 Å². The number of hydrogen-bond acceptors (Lipinski definition) is 4. The summed E-state index contributed by atoms with van der Waals surface area (Å²) in [5.74, 6) is 0.352. The van der Waals surface area contributed by atoms with E-state index in [0.29, 0.717) is 24.7 Å². The summed E-state index contributed by atoms with van der Waals surface area (Å²) in [6.45, 7) is 9.11. The van der Waals surface area contributed by atoms with Gasteiger partial charge in [0.2, 0.25) is 5.95 Å². The van der Waals surface area contributed by atoms with Crippen molar-refractivity contribution in [3.05, 3.63) is 45.7 Å². The second-order valence-corrected chi connectivity index (χ2v) is 6.14. The van der Waals surface area contributed by atoms with Crippen LogP contribution in [0.3, 0.4) is 0 Å². The normalized spacial score (nSPS) is 10.5. The number of anilines is 2. The molecule has 0 saturated carbocycles. The number of benzene rings is 1. The van der Waals surface area contributed by atoms with Gasteiger partial charge >= 0.3 is 0 Å². The van der Waals surface area contributed by atoms with Crippen LogP contribution < -0.4 is 5.32 Å². The Morgan fingerprint density at radius 2 is 1.87 bits per heavy atom. The molecule has 6 heteroatoms. The molecule has 1 heterocycles. The lowest BCUT2D eigenvalue weighted by atomic mass is 10.2. The van der Waals surface area contributed by atoms with Crippen molar-refractivity contribution in [2.24, 2.45) is 0 Å². The van der Waals surface area contributed by atoms with Crippen molar-refractivity contribution >= 4 is 33.5 Å². The lowest BCUT2D eigenvalue weighted by Gasteiger charge is -2.18. The molecule has 23 heavy (non-hydrogen) atoms. The molecule has 0 saturated heterocycles. The van der Waals surface area contributed by atoms with E-state index in [1.807, 2.05) is 45.9 Å². The number of nitrogens with zero attached hydrogens (tertiary/aromatic N) is 3. The molecule has 5 nitrogen and oxygen atoms in total. The first-order chi connectivity index (χ1) is 10.9. The van der Waals surface area contributed by atoms with Gasteiger partial charge in [0, 0.05) is 28.9 Å². The Kier molecular flexibility index (Phi) is 5.71. The monoisotopic (exact) mass is 376 g/mol. The van der Waals surface area contributed by atoms with Crippen molar-refractivity contribution in [3.63, 3.8) is 0 Å². The van der Waals surface area contributed by atoms with Crippen molar-refractivity contribution in [2.45, 2.75) is 27.7 Å². The zero-order chi connectivity index (χ0) is 17.0. The number of amides is 1. The van der Waals surface area contributed by atoms with Crippen molar-refractivity contribution in [1.82, 2.24) is 14.9 Å². The van der Waals surface area contributed by atoms with Crippen LogP contribution >= 0.6 is 15.9 Å². The number of aromatic nitrogens is 2. The van der Waals surface area contributed by atoms with Gasteiger partial charge in [-0.15, -0.1) is 0 Å². The molecule has 0 aliphatic rings. The van der Waals surface area contributed by atoms with E-state index in [4.69, 9.17) is 0 Å². The summed E-state index contributed by atoms with van der Waals surface area (Å²) < 4.78 is 1.01. The van der Waals surface area contributed by atoms with Crippen LogP contribution in [-0.2, 0) is 0 Å². The number of carbonyl (C=O) groups excluding carboxylic acids is 1. The highest BCUT2D eigenvalue weighted by atomic mass is 79.9. The minimum atomic E-state index is -0.0753. The predicted octanol–water partition coefficient (Wildman–Crippen LogP) is 4.08. The van der Waals surface area contributed by atoms with Crippen LogP contribution in [0.15, 0.2) is 28.7 Å². The maximum absolute atomic E-state index is 12.5. The van der Waals surface area contributed by atoms with Gasteiger partial charge in [0.05, 0.1) is 0 Å². The molecule has 0 radical (unpaired) electrons. The number of rotatable bonds is 5. The molecular weight excluding hydrogens is 356 g/mol. The maximum atomic E-state index is 12.5. The van der Waals surface area contributed by atoms with Gasteiger partial charge < -0.3 is 10.2 Å².